The van der Waals surface area contributed by atoms with Crippen molar-refractivity contribution in [2.45, 2.75) is 6.04 Å². The normalized spacial score (nSPS) is 12.4. The fraction of sp³-hybridized carbons (Fsp3) is 0.250. The van der Waals surface area contributed by atoms with Crippen molar-refractivity contribution in [3.05, 3.63) is 47.2 Å². The van der Waals surface area contributed by atoms with E-state index in [2.05, 4.69) is 10.5 Å². The summed E-state index contributed by atoms with van der Waals surface area (Å²) in [4.78, 5) is 0. The number of hydrogen-bond donors (Lipinski definition) is 2. The van der Waals surface area contributed by atoms with Gasteiger partial charge < -0.3 is 4.74 Å². The summed E-state index contributed by atoms with van der Waals surface area (Å²) in [6.07, 6.45) is 1.72. The molecule has 6 heteroatoms. The van der Waals surface area contributed by atoms with Gasteiger partial charge in [-0.3, -0.25) is 10.5 Å². The van der Waals surface area contributed by atoms with Crippen molar-refractivity contribution in [2.24, 2.45) is 12.9 Å². The average Bonchev–Trinajstić information content (AvgIpc) is 2.77. The maximum Gasteiger partial charge on any atom is 0.120 e. The summed E-state index contributed by atoms with van der Waals surface area (Å²) >= 11 is 5.88. The number of aryl methyl sites for hydroxylation is 1. The van der Waals surface area contributed by atoms with Crippen LogP contribution in [-0.2, 0) is 7.05 Å². The number of hydrogen-bond acceptors (Lipinski definition) is 4. The van der Waals surface area contributed by atoms with E-state index in [1.54, 1.807) is 23.0 Å². The lowest BCUT2D eigenvalue weighted by molar-refractivity contribution is 0.261. The van der Waals surface area contributed by atoms with Crippen LogP contribution in [0, 0.1) is 0 Å². The van der Waals surface area contributed by atoms with Gasteiger partial charge in [0.1, 0.15) is 12.4 Å². The molecule has 1 atom stereocenters. The molecule has 1 aromatic heterocycles. The first-order valence-electron chi connectivity index (χ1n) is 5.53. The lowest BCUT2D eigenvalue weighted by atomic mass is 10.2. The number of nitrogens with two attached hydrogens (primary N) is 1. The van der Waals surface area contributed by atoms with E-state index in [4.69, 9.17) is 22.2 Å². The third-order valence-corrected chi connectivity index (χ3v) is 2.86. The summed E-state index contributed by atoms with van der Waals surface area (Å²) < 4.78 is 7.41. The van der Waals surface area contributed by atoms with Crippen LogP contribution in [-0.4, -0.2) is 16.4 Å². The van der Waals surface area contributed by atoms with Gasteiger partial charge in [0.25, 0.3) is 0 Å². The minimum absolute atomic E-state index is 0.128. The number of nitrogens with one attached hydrogen (secondary N) is 1. The van der Waals surface area contributed by atoms with Crippen LogP contribution in [0.4, 0.5) is 0 Å². The van der Waals surface area contributed by atoms with Crippen LogP contribution < -0.4 is 16.0 Å². The average molecular weight is 267 g/mol. The lowest BCUT2D eigenvalue weighted by Gasteiger charge is -2.17. The summed E-state index contributed by atoms with van der Waals surface area (Å²) in [5, 5.41) is 4.74. The van der Waals surface area contributed by atoms with Crippen LogP contribution in [0.2, 0.25) is 5.02 Å². The molecule has 0 aliphatic heterocycles. The summed E-state index contributed by atoms with van der Waals surface area (Å²) in [6.45, 7) is 0.399. The molecule has 0 bridgehead atoms. The maximum atomic E-state index is 5.88. The third kappa shape index (κ3) is 3.01. The molecule has 5 nitrogen and oxygen atoms in total. The Balaban J connectivity index is 2.02. The largest absolute Gasteiger partial charge is 0.491 e. The molecular weight excluding hydrogens is 252 g/mol. The third-order valence-electron chi connectivity index (χ3n) is 2.63. The van der Waals surface area contributed by atoms with Crippen molar-refractivity contribution in [3.8, 4) is 5.75 Å². The molecule has 3 N–H and O–H groups in total. The van der Waals surface area contributed by atoms with Gasteiger partial charge >= 0.3 is 0 Å². The molecule has 0 radical (unpaired) electrons. The highest BCUT2D eigenvalue weighted by molar-refractivity contribution is 6.30. The Labute approximate surface area is 110 Å². The Morgan fingerprint density at radius 3 is 2.94 bits per heavy atom. The van der Waals surface area contributed by atoms with Crippen LogP contribution in [0.15, 0.2) is 36.5 Å². The lowest BCUT2D eigenvalue weighted by Crippen LogP contribution is -2.33. The molecule has 18 heavy (non-hydrogen) atoms. The highest BCUT2D eigenvalue weighted by Gasteiger charge is 2.14. The second-order valence-electron chi connectivity index (χ2n) is 3.87. The van der Waals surface area contributed by atoms with Crippen LogP contribution >= 0.6 is 11.6 Å². The molecule has 0 saturated carbocycles. The van der Waals surface area contributed by atoms with Gasteiger partial charge in [0.05, 0.1) is 11.7 Å². The number of rotatable bonds is 5. The highest BCUT2D eigenvalue weighted by Crippen LogP contribution is 2.19. The number of ether oxygens (including phenoxy) is 1. The summed E-state index contributed by atoms with van der Waals surface area (Å²) in [5.74, 6) is 6.24. The fourth-order valence-electron chi connectivity index (χ4n) is 1.68. The highest BCUT2D eigenvalue weighted by atomic mass is 35.5. The Morgan fingerprint density at radius 1 is 1.50 bits per heavy atom. The number of aromatic nitrogens is 2. The Bertz CT molecular complexity index is 514. The summed E-state index contributed by atoms with van der Waals surface area (Å²) in [5.41, 5.74) is 3.67. The van der Waals surface area contributed by atoms with Gasteiger partial charge in [0, 0.05) is 18.3 Å². The number of nitrogens with zero attached hydrogens (tertiary/aromatic N) is 2. The molecule has 0 aliphatic carbocycles. The van der Waals surface area contributed by atoms with Crippen molar-refractivity contribution in [2.75, 3.05) is 6.61 Å². The molecule has 0 saturated heterocycles. The van der Waals surface area contributed by atoms with Gasteiger partial charge in [-0.05, 0) is 24.3 Å². The molecule has 0 aliphatic rings. The standard InChI is InChI=1S/C12H15ClN4O/c1-17-12(5-6-15-17)11(16-14)8-18-10-4-2-3-9(13)7-10/h2-7,11,16H,8,14H2,1H3. The van der Waals surface area contributed by atoms with E-state index >= 15 is 0 Å². The molecule has 0 amide bonds. The van der Waals surface area contributed by atoms with Crippen LogP contribution in [0.3, 0.4) is 0 Å². The van der Waals surface area contributed by atoms with Crippen molar-refractivity contribution in [1.29, 1.82) is 0 Å². The van der Waals surface area contributed by atoms with Crippen LogP contribution in [0.1, 0.15) is 11.7 Å². The van der Waals surface area contributed by atoms with Gasteiger partial charge in [-0.15, -0.1) is 0 Å². The van der Waals surface area contributed by atoms with Crippen LogP contribution in [0.25, 0.3) is 0 Å². The quantitative estimate of drug-likeness (QED) is 0.638. The van der Waals surface area contributed by atoms with Crippen molar-refractivity contribution >= 4 is 11.6 Å². The zero-order chi connectivity index (χ0) is 13.0. The molecule has 0 fully saturated rings. The van der Waals surface area contributed by atoms with E-state index in [1.807, 2.05) is 25.2 Å². The molecule has 2 rings (SSSR count). The first-order valence-corrected chi connectivity index (χ1v) is 5.91. The van der Waals surface area contributed by atoms with Crippen molar-refractivity contribution in [3.63, 3.8) is 0 Å². The SMILES string of the molecule is Cn1nccc1C(COc1cccc(Cl)c1)NN. The predicted molar refractivity (Wildman–Crippen MR) is 70.2 cm³/mol. The van der Waals surface area contributed by atoms with Crippen molar-refractivity contribution < 1.29 is 4.74 Å². The monoisotopic (exact) mass is 266 g/mol. The molecule has 96 valence electrons. The van der Waals surface area contributed by atoms with E-state index in [-0.39, 0.29) is 6.04 Å². The van der Waals surface area contributed by atoms with Gasteiger partial charge in [-0.25, -0.2) is 5.43 Å². The van der Waals surface area contributed by atoms with E-state index in [0.717, 1.165) is 5.69 Å². The molecule has 1 aromatic carbocycles. The Hall–Kier alpha value is -1.56. The van der Waals surface area contributed by atoms with E-state index < -0.39 is 0 Å². The predicted octanol–water partition coefficient (Wildman–Crippen LogP) is 1.66. The second kappa shape index (κ2) is 5.86. The minimum Gasteiger partial charge on any atom is -0.491 e. The minimum atomic E-state index is -0.128. The summed E-state index contributed by atoms with van der Waals surface area (Å²) in [6, 6.07) is 9.02. The zero-order valence-corrected chi connectivity index (χ0v) is 10.8. The number of halogens is 1. The summed E-state index contributed by atoms with van der Waals surface area (Å²) in [7, 11) is 1.86. The smallest absolute Gasteiger partial charge is 0.120 e. The first-order chi connectivity index (χ1) is 8.70. The van der Waals surface area contributed by atoms with Gasteiger partial charge in [0.2, 0.25) is 0 Å². The Kier molecular flexibility index (Phi) is 4.19. The van der Waals surface area contributed by atoms with E-state index in [9.17, 15) is 0 Å². The van der Waals surface area contributed by atoms with Crippen molar-refractivity contribution in [1.82, 2.24) is 15.2 Å². The molecule has 0 spiro atoms. The molecule has 1 heterocycles. The zero-order valence-electron chi connectivity index (χ0n) is 10.0. The van der Waals surface area contributed by atoms with E-state index in [1.165, 1.54) is 0 Å². The van der Waals surface area contributed by atoms with Gasteiger partial charge in [0.15, 0.2) is 0 Å². The van der Waals surface area contributed by atoms with Gasteiger partial charge in [-0.2, -0.15) is 5.10 Å². The van der Waals surface area contributed by atoms with Gasteiger partial charge in [-0.1, -0.05) is 17.7 Å². The maximum absolute atomic E-state index is 5.88. The molecule has 2 aromatic rings. The Morgan fingerprint density at radius 2 is 2.33 bits per heavy atom. The fourth-order valence-corrected chi connectivity index (χ4v) is 1.86. The number of hydrazine groups is 1. The van der Waals surface area contributed by atoms with E-state index in [0.29, 0.717) is 17.4 Å². The van der Waals surface area contributed by atoms with Crippen LogP contribution in [0.5, 0.6) is 5.75 Å². The first kappa shape index (κ1) is 12.9. The molecular formula is C12H15ClN4O. The number of benzene rings is 1. The molecule has 1 unspecified atom stereocenters. The second-order valence-corrected chi connectivity index (χ2v) is 4.30. The topological polar surface area (TPSA) is 65.1 Å².